The molecule has 0 aliphatic heterocycles. The number of anilines is 1. The summed E-state index contributed by atoms with van der Waals surface area (Å²) >= 11 is 6.06. The maximum Gasteiger partial charge on any atom is 0.233 e. The van der Waals surface area contributed by atoms with Gasteiger partial charge in [-0.3, -0.25) is 4.98 Å². The average molecular weight is 242 g/mol. The molecule has 0 bridgehead atoms. The van der Waals surface area contributed by atoms with Crippen molar-refractivity contribution < 1.29 is 4.74 Å². The highest BCUT2D eigenvalue weighted by molar-refractivity contribution is 6.20. The number of ether oxygens (including phenoxy) is 1. The first-order valence-corrected chi connectivity index (χ1v) is 5.95. The topological polar surface area (TPSA) is 47.0 Å². The third kappa shape index (κ3) is 2.98. The average Bonchev–Trinajstić information content (AvgIpc) is 2.73. The Hall–Kier alpha value is -1.03. The molecule has 0 saturated heterocycles. The lowest BCUT2D eigenvalue weighted by Gasteiger charge is -2.11. The smallest absolute Gasteiger partial charge is 0.233 e. The minimum atomic E-state index is 0.350. The molecule has 1 aromatic rings. The molecule has 0 amide bonds. The van der Waals surface area contributed by atoms with Gasteiger partial charge in [0.15, 0.2) is 0 Å². The van der Waals surface area contributed by atoms with Crippen LogP contribution in [0.3, 0.4) is 0 Å². The normalized spacial score (nSPS) is 24.4. The molecule has 88 valence electrons. The van der Waals surface area contributed by atoms with Crippen LogP contribution in [0.25, 0.3) is 0 Å². The van der Waals surface area contributed by atoms with Gasteiger partial charge in [-0.25, -0.2) is 0 Å². The molecule has 2 atom stereocenters. The van der Waals surface area contributed by atoms with Gasteiger partial charge in [-0.2, -0.15) is 4.98 Å². The number of nitrogens with one attached hydrogen (secondary N) is 1. The zero-order valence-corrected chi connectivity index (χ0v) is 10.1. The molecule has 1 fully saturated rings. The summed E-state index contributed by atoms with van der Waals surface area (Å²) in [5.41, 5.74) is 0. The SMILES string of the molecule is COc1cncc(NCC2CCC(Cl)C2)n1. The number of nitrogens with zero attached hydrogens (tertiary/aromatic N) is 2. The molecule has 1 aliphatic carbocycles. The van der Waals surface area contributed by atoms with Crippen molar-refractivity contribution >= 4 is 17.4 Å². The Labute approximate surface area is 100 Å². The van der Waals surface area contributed by atoms with E-state index < -0.39 is 0 Å². The molecule has 1 aromatic heterocycles. The van der Waals surface area contributed by atoms with Crippen LogP contribution < -0.4 is 10.1 Å². The lowest BCUT2D eigenvalue weighted by molar-refractivity contribution is 0.396. The van der Waals surface area contributed by atoms with Crippen molar-refractivity contribution in [2.45, 2.75) is 24.6 Å². The molecule has 1 saturated carbocycles. The number of rotatable bonds is 4. The molecule has 16 heavy (non-hydrogen) atoms. The first-order valence-electron chi connectivity index (χ1n) is 5.52. The van der Waals surface area contributed by atoms with Gasteiger partial charge in [0.2, 0.25) is 5.88 Å². The molecular weight excluding hydrogens is 226 g/mol. The zero-order chi connectivity index (χ0) is 11.4. The summed E-state index contributed by atoms with van der Waals surface area (Å²) in [7, 11) is 1.59. The van der Waals surface area contributed by atoms with Crippen LogP contribution in [0, 0.1) is 5.92 Å². The maximum absolute atomic E-state index is 6.06. The molecular formula is C11H16ClN3O. The van der Waals surface area contributed by atoms with Crippen molar-refractivity contribution in [1.29, 1.82) is 0 Å². The summed E-state index contributed by atoms with van der Waals surface area (Å²) in [6.45, 7) is 0.908. The highest BCUT2D eigenvalue weighted by atomic mass is 35.5. The van der Waals surface area contributed by atoms with Crippen molar-refractivity contribution in [1.82, 2.24) is 9.97 Å². The Kier molecular flexibility index (Phi) is 3.83. The highest BCUT2D eigenvalue weighted by Crippen LogP contribution is 2.29. The van der Waals surface area contributed by atoms with Gasteiger partial charge in [-0.15, -0.1) is 11.6 Å². The quantitative estimate of drug-likeness (QED) is 0.822. The third-order valence-corrected chi connectivity index (χ3v) is 3.27. The molecule has 2 unspecified atom stereocenters. The molecule has 4 nitrogen and oxygen atoms in total. The Morgan fingerprint density at radius 1 is 1.50 bits per heavy atom. The third-order valence-electron chi connectivity index (χ3n) is 2.87. The van der Waals surface area contributed by atoms with Crippen LogP contribution in [0.2, 0.25) is 0 Å². The van der Waals surface area contributed by atoms with E-state index in [2.05, 4.69) is 15.3 Å². The van der Waals surface area contributed by atoms with Gasteiger partial charge in [0.05, 0.1) is 19.5 Å². The Bertz CT molecular complexity index is 348. The van der Waals surface area contributed by atoms with Gasteiger partial charge < -0.3 is 10.1 Å². The fourth-order valence-corrected chi connectivity index (χ4v) is 2.36. The van der Waals surface area contributed by atoms with Gasteiger partial charge in [-0.05, 0) is 25.2 Å². The number of aromatic nitrogens is 2. The Morgan fingerprint density at radius 3 is 3.06 bits per heavy atom. The molecule has 1 aliphatic rings. The first-order chi connectivity index (χ1) is 7.78. The van der Waals surface area contributed by atoms with E-state index in [0.717, 1.165) is 25.2 Å². The number of methoxy groups -OCH3 is 1. The first kappa shape index (κ1) is 11.5. The van der Waals surface area contributed by atoms with Crippen LogP contribution in [-0.4, -0.2) is 29.0 Å². The zero-order valence-electron chi connectivity index (χ0n) is 9.32. The van der Waals surface area contributed by atoms with Crippen LogP contribution in [0.5, 0.6) is 5.88 Å². The minimum Gasteiger partial charge on any atom is -0.480 e. The van der Waals surface area contributed by atoms with Gasteiger partial charge in [0, 0.05) is 11.9 Å². The fourth-order valence-electron chi connectivity index (χ4n) is 1.98. The highest BCUT2D eigenvalue weighted by Gasteiger charge is 2.22. The molecule has 0 radical (unpaired) electrons. The van der Waals surface area contributed by atoms with Gasteiger partial charge >= 0.3 is 0 Å². The Balaban J connectivity index is 1.84. The van der Waals surface area contributed by atoms with Crippen molar-refractivity contribution in [2.75, 3.05) is 19.0 Å². The summed E-state index contributed by atoms with van der Waals surface area (Å²) in [6, 6.07) is 0. The minimum absolute atomic E-state index is 0.350. The van der Waals surface area contributed by atoms with Crippen molar-refractivity contribution in [3.63, 3.8) is 0 Å². The van der Waals surface area contributed by atoms with E-state index in [4.69, 9.17) is 16.3 Å². The fraction of sp³-hybridized carbons (Fsp3) is 0.636. The largest absolute Gasteiger partial charge is 0.480 e. The number of hydrogen-bond donors (Lipinski definition) is 1. The second kappa shape index (κ2) is 5.34. The molecule has 1 N–H and O–H groups in total. The molecule has 2 rings (SSSR count). The van der Waals surface area contributed by atoms with Crippen LogP contribution in [0.1, 0.15) is 19.3 Å². The van der Waals surface area contributed by atoms with Crippen molar-refractivity contribution in [3.05, 3.63) is 12.4 Å². The van der Waals surface area contributed by atoms with Gasteiger partial charge in [0.25, 0.3) is 0 Å². The van der Waals surface area contributed by atoms with Crippen molar-refractivity contribution in [3.8, 4) is 5.88 Å². The van der Waals surface area contributed by atoms with Crippen LogP contribution in [0.4, 0.5) is 5.82 Å². The van der Waals surface area contributed by atoms with E-state index in [0.29, 0.717) is 17.2 Å². The molecule has 0 spiro atoms. The maximum atomic E-state index is 6.06. The van der Waals surface area contributed by atoms with Crippen molar-refractivity contribution in [2.24, 2.45) is 5.92 Å². The van der Waals surface area contributed by atoms with E-state index in [1.807, 2.05) is 0 Å². The van der Waals surface area contributed by atoms with Gasteiger partial charge in [0.1, 0.15) is 5.82 Å². The second-order valence-electron chi connectivity index (χ2n) is 4.10. The lowest BCUT2D eigenvalue weighted by atomic mass is 10.1. The summed E-state index contributed by atoms with van der Waals surface area (Å²) in [5.74, 6) is 1.94. The molecule has 1 heterocycles. The number of hydrogen-bond acceptors (Lipinski definition) is 4. The van der Waals surface area contributed by atoms with E-state index >= 15 is 0 Å². The van der Waals surface area contributed by atoms with E-state index in [1.165, 1.54) is 6.42 Å². The predicted molar refractivity (Wildman–Crippen MR) is 64.1 cm³/mol. The summed E-state index contributed by atoms with van der Waals surface area (Å²) in [4.78, 5) is 8.28. The number of halogens is 1. The molecule has 5 heteroatoms. The summed E-state index contributed by atoms with van der Waals surface area (Å²) in [5, 5.41) is 3.62. The number of alkyl halides is 1. The van der Waals surface area contributed by atoms with E-state index in [-0.39, 0.29) is 0 Å². The summed E-state index contributed by atoms with van der Waals surface area (Å²) < 4.78 is 5.01. The monoisotopic (exact) mass is 241 g/mol. The lowest BCUT2D eigenvalue weighted by Crippen LogP contribution is -2.13. The van der Waals surface area contributed by atoms with Crippen LogP contribution in [0.15, 0.2) is 12.4 Å². The second-order valence-corrected chi connectivity index (χ2v) is 4.72. The van der Waals surface area contributed by atoms with E-state index in [1.54, 1.807) is 19.5 Å². The van der Waals surface area contributed by atoms with Crippen LogP contribution >= 0.6 is 11.6 Å². The predicted octanol–water partition coefficient (Wildman–Crippen LogP) is 2.30. The Morgan fingerprint density at radius 2 is 2.38 bits per heavy atom. The molecule has 0 aromatic carbocycles. The van der Waals surface area contributed by atoms with E-state index in [9.17, 15) is 0 Å². The van der Waals surface area contributed by atoms with Gasteiger partial charge in [-0.1, -0.05) is 0 Å². The standard InChI is InChI=1S/C11H16ClN3O/c1-16-11-7-13-6-10(15-11)14-5-8-2-3-9(12)4-8/h6-9H,2-5H2,1H3,(H,14,15). The van der Waals surface area contributed by atoms with Crippen LogP contribution in [-0.2, 0) is 0 Å². The summed E-state index contributed by atoms with van der Waals surface area (Å²) in [6.07, 6.45) is 6.70.